The Morgan fingerprint density at radius 3 is 2.44 bits per heavy atom. The van der Waals surface area contributed by atoms with E-state index in [0.29, 0.717) is 17.9 Å². The van der Waals surface area contributed by atoms with E-state index in [1.54, 1.807) is 26.1 Å². The predicted molar refractivity (Wildman–Crippen MR) is 93.4 cm³/mol. The van der Waals surface area contributed by atoms with E-state index in [9.17, 15) is 9.59 Å². The standard InChI is InChI=1S/C19H22N2O4/c1-4-25-19(23)16(12-14-8-6-5-7-9-14)21(2)18(22)15-10-11-17(24-3)20-13-15/h5-11,13,16H,4,12H2,1-3H3/t16-/m0/s1. The molecular weight excluding hydrogens is 320 g/mol. The molecule has 25 heavy (non-hydrogen) atoms. The minimum absolute atomic E-state index is 0.260. The Morgan fingerprint density at radius 1 is 1.16 bits per heavy atom. The maximum absolute atomic E-state index is 12.7. The van der Waals surface area contributed by atoms with Crippen LogP contribution in [0.3, 0.4) is 0 Å². The van der Waals surface area contributed by atoms with Crippen molar-refractivity contribution in [3.8, 4) is 5.88 Å². The first-order chi connectivity index (χ1) is 12.1. The first-order valence-corrected chi connectivity index (χ1v) is 8.04. The second kappa shape index (κ2) is 8.82. The summed E-state index contributed by atoms with van der Waals surface area (Å²) >= 11 is 0. The third-order valence-electron chi connectivity index (χ3n) is 3.81. The fourth-order valence-electron chi connectivity index (χ4n) is 2.43. The molecule has 1 aromatic heterocycles. The molecule has 2 aromatic rings. The van der Waals surface area contributed by atoms with Crippen molar-refractivity contribution in [2.45, 2.75) is 19.4 Å². The topological polar surface area (TPSA) is 68.7 Å². The number of amides is 1. The summed E-state index contributed by atoms with van der Waals surface area (Å²) in [4.78, 5) is 30.5. The lowest BCUT2D eigenvalue weighted by Gasteiger charge is -2.26. The van der Waals surface area contributed by atoms with Crippen LogP contribution in [0.2, 0.25) is 0 Å². The van der Waals surface area contributed by atoms with Gasteiger partial charge in [-0.15, -0.1) is 0 Å². The van der Waals surface area contributed by atoms with E-state index < -0.39 is 12.0 Å². The molecule has 6 nitrogen and oxygen atoms in total. The molecule has 1 amide bonds. The number of hydrogen-bond acceptors (Lipinski definition) is 5. The number of benzene rings is 1. The fourth-order valence-corrected chi connectivity index (χ4v) is 2.43. The molecule has 0 fully saturated rings. The van der Waals surface area contributed by atoms with E-state index in [0.717, 1.165) is 5.56 Å². The lowest BCUT2D eigenvalue weighted by atomic mass is 10.0. The second-order valence-electron chi connectivity index (χ2n) is 5.46. The molecule has 1 heterocycles. The summed E-state index contributed by atoms with van der Waals surface area (Å²) in [7, 11) is 3.10. The monoisotopic (exact) mass is 342 g/mol. The second-order valence-corrected chi connectivity index (χ2v) is 5.46. The highest BCUT2D eigenvalue weighted by molar-refractivity contribution is 5.96. The highest BCUT2D eigenvalue weighted by Gasteiger charge is 2.29. The fraction of sp³-hybridized carbons (Fsp3) is 0.316. The summed E-state index contributed by atoms with van der Waals surface area (Å²) in [5, 5.41) is 0. The van der Waals surface area contributed by atoms with Crippen molar-refractivity contribution < 1.29 is 19.1 Å². The Balaban J connectivity index is 2.21. The molecule has 0 aliphatic rings. The van der Waals surface area contributed by atoms with Gasteiger partial charge in [-0.25, -0.2) is 9.78 Å². The van der Waals surface area contributed by atoms with Crippen molar-refractivity contribution in [2.24, 2.45) is 0 Å². The van der Waals surface area contributed by atoms with Crippen LogP contribution in [-0.2, 0) is 16.0 Å². The van der Waals surface area contributed by atoms with Gasteiger partial charge in [0.05, 0.1) is 19.3 Å². The van der Waals surface area contributed by atoms with Crippen LogP contribution in [0.4, 0.5) is 0 Å². The normalized spacial score (nSPS) is 11.5. The van der Waals surface area contributed by atoms with Gasteiger partial charge in [0, 0.05) is 25.7 Å². The van der Waals surface area contributed by atoms with E-state index in [-0.39, 0.29) is 12.5 Å². The van der Waals surface area contributed by atoms with Gasteiger partial charge >= 0.3 is 5.97 Å². The molecule has 0 bridgehead atoms. The summed E-state index contributed by atoms with van der Waals surface area (Å²) in [6.45, 7) is 2.00. The number of pyridine rings is 1. The molecule has 0 aliphatic heterocycles. The number of likely N-dealkylation sites (N-methyl/N-ethyl adjacent to an activating group) is 1. The zero-order valence-corrected chi connectivity index (χ0v) is 14.6. The van der Waals surface area contributed by atoms with Crippen molar-refractivity contribution in [2.75, 3.05) is 20.8 Å². The number of hydrogen-bond donors (Lipinski definition) is 0. The van der Waals surface area contributed by atoms with Crippen LogP contribution in [0.5, 0.6) is 5.88 Å². The predicted octanol–water partition coefficient (Wildman–Crippen LogP) is 2.34. The van der Waals surface area contributed by atoms with Crippen molar-refractivity contribution in [3.63, 3.8) is 0 Å². The van der Waals surface area contributed by atoms with Crippen LogP contribution in [-0.4, -0.2) is 48.6 Å². The van der Waals surface area contributed by atoms with Crippen LogP contribution < -0.4 is 4.74 Å². The number of rotatable bonds is 7. The molecule has 6 heteroatoms. The molecule has 0 aliphatic carbocycles. The van der Waals surface area contributed by atoms with Crippen LogP contribution in [0, 0.1) is 0 Å². The van der Waals surface area contributed by atoms with Crippen molar-refractivity contribution >= 4 is 11.9 Å². The summed E-state index contributed by atoms with van der Waals surface area (Å²) in [5.41, 5.74) is 1.33. The third-order valence-corrected chi connectivity index (χ3v) is 3.81. The highest BCUT2D eigenvalue weighted by Crippen LogP contribution is 2.14. The maximum atomic E-state index is 12.7. The Labute approximate surface area is 147 Å². The Bertz CT molecular complexity index is 701. The van der Waals surface area contributed by atoms with Crippen LogP contribution in [0.15, 0.2) is 48.7 Å². The smallest absolute Gasteiger partial charge is 0.329 e. The van der Waals surface area contributed by atoms with Gasteiger partial charge in [0.25, 0.3) is 5.91 Å². The van der Waals surface area contributed by atoms with E-state index in [1.165, 1.54) is 18.2 Å². The highest BCUT2D eigenvalue weighted by atomic mass is 16.5. The number of carbonyl (C=O) groups excluding carboxylic acids is 2. The lowest BCUT2D eigenvalue weighted by Crippen LogP contribution is -2.44. The van der Waals surface area contributed by atoms with E-state index >= 15 is 0 Å². The van der Waals surface area contributed by atoms with Crippen molar-refractivity contribution in [1.82, 2.24) is 9.88 Å². The molecule has 1 aromatic carbocycles. The van der Waals surface area contributed by atoms with E-state index in [4.69, 9.17) is 9.47 Å². The van der Waals surface area contributed by atoms with Gasteiger partial charge in [-0.3, -0.25) is 4.79 Å². The molecule has 0 saturated heterocycles. The van der Waals surface area contributed by atoms with Gasteiger partial charge in [-0.05, 0) is 18.6 Å². The van der Waals surface area contributed by atoms with Crippen LogP contribution >= 0.6 is 0 Å². The Kier molecular flexibility index (Phi) is 6.51. The molecule has 1 atom stereocenters. The first kappa shape index (κ1) is 18.4. The van der Waals surface area contributed by atoms with Gasteiger partial charge in [-0.1, -0.05) is 30.3 Å². The minimum atomic E-state index is -0.711. The van der Waals surface area contributed by atoms with Crippen LogP contribution in [0.1, 0.15) is 22.8 Å². The Hall–Kier alpha value is -2.89. The molecule has 0 N–H and O–H groups in total. The summed E-state index contributed by atoms with van der Waals surface area (Å²) in [6, 6.07) is 12.0. The molecule has 2 rings (SSSR count). The largest absolute Gasteiger partial charge is 0.481 e. The summed E-state index contributed by atoms with van der Waals surface area (Å²) in [6.07, 6.45) is 1.81. The lowest BCUT2D eigenvalue weighted by molar-refractivity contribution is -0.148. The molecule has 0 saturated carbocycles. The number of esters is 1. The molecule has 0 spiro atoms. The van der Waals surface area contributed by atoms with E-state index in [2.05, 4.69) is 4.98 Å². The number of ether oxygens (including phenoxy) is 2. The van der Waals surface area contributed by atoms with E-state index in [1.807, 2.05) is 30.3 Å². The SMILES string of the molecule is CCOC(=O)[C@H](Cc1ccccc1)N(C)C(=O)c1ccc(OC)nc1. The minimum Gasteiger partial charge on any atom is -0.481 e. The van der Waals surface area contributed by atoms with Gasteiger partial charge in [-0.2, -0.15) is 0 Å². The third kappa shape index (κ3) is 4.79. The van der Waals surface area contributed by atoms with Crippen molar-refractivity contribution in [1.29, 1.82) is 0 Å². The first-order valence-electron chi connectivity index (χ1n) is 8.04. The zero-order chi connectivity index (χ0) is 18.2. The zero-order valence-electron chi connectivity index (χ0n) is 14.6. The Morgan fingerprint density at radius 2 is 1.88 bits per heavy atom. The molecule has 132 valence electrons. The average molecular weight is 342 g/mol. The number of methoxy groups -OCH3 is 1. The number of aromatic nitrogens is 1. The van der Waals surface area contributed by atoms with Gasteiger partial charge < -0.3 is 14.4 Å². The quantitative estimate of drug-likeness (QED) is 0.723. The molecule has 0 unspecified atom stereocenters. The van der Waals surface area contributed by atoms with Gasteiger partial charge in [0.2, 0.25) is 5.88 Å². The van der Waals surface area contributed by atoms with Crippen molar-refractivity contribution in [3.05, 3.63) is 59.8 Å². The number of carbonyl (C=O) groups is 2. The average Bonchev–Trinajstić information content (AvgIpc) is 2.66. The van der Waals surface area contributed by atoms with Gasteiger partial charge in [0.15, 0.2) is 0 Å². The summed E-state index contributed by atoms with van der Waals surface area (Å²) < 4.78 is 10.1. The molecule has 0 radical (unpaired) electrons. The molecular formula is C19H22N2O4. The number of nitrogens with zero attached hydrogens (tertiary/aromatic N) is 2. The summed E-state index contributed by atoms with van der Waals surface area (Å²) in [5.74, 6) is -0.307. The maximum Gasteiger partial charge on any atom is 0.329 e. The van der Waals surface area contributed by atoms with Gasteiger partial charge in [0.1, 0.15) is 6.04 Å². The van der Waals surface area contributed by atoms with Crippen LogP contribution in [0.25, 0.3) is 0 Å².